The first kappa shape index (κ1) is 13.5. The molecule has 0 saturated heterocycles. The van der Waals surface area contributed by atoms with Crippen molar-refractivity contribution < 1.29 is 30.7 Å². The van der Waals surface area contributed by atoms with Crippen molar-refractivity contribution in [3.05, 3.63) is 6.92 Å². The summed E-state index contributed by atoms with van der Waals surface area (Å²) in [6, 6.07) is 0. The molecule has 0 amide bonds. The van der Waals surface area contributed by atoms with E-state index in [9.17, 15) is 30.7 Å². The van der Waals surface area contributed by atoms with Crippen molar-refractivity contribution in [2.45, 2.75) is 37.3 Å². The summed E-state index contributed by atoms with van der Waals surface area (Å²) < 4.78 is 84.0. The molecule has 0 nitrogen and oxygen atoms in total. The van der Waals surface area contributed by atoms with E-state index in [0.717, 1.165) is 0 Å². The maximum absolute atomic E-state index is 12.4. The molecule has 0 aliphatic heterocycles. The number of halogens is 7. The van der Waals surface area contributed by atoms with Crippen LogP contribution in [0, 0.1) is 6.92 Å². The van der Waals surface area contributed by atoms with E-state index in [-0.39, 0.29) is 0 Å². The molecule has 0 aromatic carbocycles. The fraction of sp³-hybridized carbons (Fsp3) is 0.857. The van der Waals surface area contributed by atoms with Crippen LogP contribution >= 0.6 is 0 Å². The van der Waals surface area contributed by atoms with Gasteiger partial charge in [0.1, 0.15) is 0 Å². The molecular weight excluding hydrogens is 217 g/mol. The second-order valence-electron chi connectivity index (χ2n) is 2.77. The second kappa shape index (κ2) is 3.94. The predicted molar refractivity (Wildman–Crippen MR) is 35.2 cm³/mol. The van der Waals surface area contributed by atoms with Gasteiger partial charge in [-0.1, -0.05) is 0 Å². The van der Waals surface area contributed by atoms with Crippen LogP contribution in [0.5, 0.6) is 0 Å². The van der Waals surface area contributed by atoms with Crippen LogP contribution in [0.15, 0.2) is 0 Å². The highest BCUT2D eigenvalue weighted by atomic mass is 19.4. The Kier molecular flexibility index (Phi) is 3.80. The molecule has 0 fully saturated rings. The molecule has 0 heterocycles. The molecule has 0 aromatic heterocycles. The zero-order valence-corrected chi connectivity index (χ0v) is 6.97. The fourth-order valence-electron chi connectivity index (χ4n) is 0.664. The van der Waals surface area contributed by atoms with Gasteiger partial charge in [-0.3, -0.25) is 0 Å². The lowest BCUT2D eigenvalue weighted by molar-refractivity contribution is -0.226. The summed E-state index contributed by atoms with van der Waals surface area (Å²) >= 11 is 0. The number of hydrogen-bond donors (Lipinski definition) is 0. The van der Waals surface area contributed by atoms with E-state index in [4.69, 9.17) is 0 Å². The largest absolute Gasteiger partial charge is 0.389 e. The quantitative estimate of drug-likeness (QED) is 0.638. The van der Waals surface area contributed by atoms with Gasteiger partial charge in [-0.15, -0.1) is 0 Å². The van der Waals surface area contributed by atoms with Crippen molar-refractivity contribution in [3.8, 4) is 0 Å². The van der Waals surface area contributed by atoms with Gasteiger partial charge in [-0.05, 0) is 6.92 Å². The lowest BCUT2D eigenvalue weighted by Gasteiger charge is -2.25. The van der Waals surface area contributed by atoms with Crippen molar-refractivity contribution in [1.82, 2.24) is 0 Å². The third-order valence-corrected chi connectivity index (χ3v) is 1.57. The van der Waals surface area contributed by atoms with E-state index in [2.05, 4.69) is 6.92 Å². The summed E-state index contributed by atoms with van der Waals surface area (Å²) in [7, 11) is 0. The summed E-state index contributed by atoms with van der Waals surface area (Å²) in [5.74, 6) is -9.15. The Balaban J connectivity index is 4.35. The summed E-state index contributed by atoms with van der Waals surface area (Å²) in [6.07, 6.45) is -10.1. The first-order valence-corrected chi connectivity index (χ1v) is 3.63. The lowest BCUT2D eigenvalue weighted by Crippen LogP contribution is -2.40. The zero-order chi connectivity index (χ0) is 11.6. The van der Waals surface area contributed by atoms with E-state index in [1.807, 2.05) is 0 Å². The highest BCUT2D eigenvalue weighted by molar-refractivity contribution is 4.85. The Labute approximate surface area is 76.1 Å². The molecule has 0 spiro atoms. The van der Waals surface area contributed by atoms with Gasteiger partial charge in [-0.25, -0.2) is 0 Å². The monoisotopic (exact) mass is 225 g/mol. The lowest BCUT2D eigenvalue weighted by atomic mass is 10.0. The molecule has 0 saturated carbocycles. The molecule has 0 rings (SSSR count). The molecule has 0 unspecified atom stereocenters. The molecule has 0 aliphatic rings. The third kappa shape index (κ3) is 3.71. The third-order valence-electron chi connectivity index (χ3n) is 1.57. The first-order chi connectivity index (χ1) is 6.02. The van der Waals surface area contributed by atoms with Gasteiger partial charge in [0, 0.05) is 19.3 Å². The summed E-state index contributed by atoms with van der Waals surface area (Å²) in [5, 5.41) is 0. The number of hydrogen-bond acceptors (Lipinski definition) is 0. The van der Waals surface area contributed by atoms with Crippen LogP contribution in [-0.2, 0) is 0 Å². The number of alkyl halides is 7. The van der Waals surface area contributed by atoms with Gasteiger partial charge in [-0.2, -0.15) is 30.7 Å². The molecule has 0 aliphatic carbocycles. The minimum absolute atomic E-state index is 1.43. The van der Waals surface area contributed by atoms with Gasteiger partial charge in [0.05, 0.1) is 0 Å². The van der Waals surface area contributed by atoms with E-state index < -0.39 is 37.3 Å². The van der Waals surface area contributed by atoms with Crippen LogP contribution in [0.25, 0.3) is 0 Å². The van der Waals surface area contributed by atoms with E-state index in [1.54, 1.807) is 0 Å². The standard InChI is InChI=1S/C7H8F7/c1-2-5(8,9)6(10,11)3-4-7(12,13)14/h1-4H2. The highest BCUT2D eigenvalue weighted by Gasteiger charge is 2.55. The van der Waals surface area contributed by atoms with E-state index in [0.29, 0.717) is 0 Å². The van der Waals surface area contributed by atoms with Crippen LogP contribution in [0.1, 0.15) is 19.3 Å². The van der Waals surface area contributed by atoms with Gasteiger partial charge < -0.3 is 0 Å². The molecule has 0 atom stereocenters. The molecule has 7 heteroatoms. The van der Waals surface area contributed by atoms with Crippen LogP contribution in [0.4, 0.5) is 30.7 Å². The zero-order valence-electron chi connectivity index (χ0n) is 6.97. The summed E-state index contributed by atoms with van der Waals surface area (Å²) in [4.78, 5) is 0. The summed E-state index contributed by atoms with van der Waals surface area (Å²) in [5.41, 5.74) is 0. The smallest absolute Gasteiger partial charge is 0.200 e. The molecule has 0 bridgehead atoms. The summed E-state index contributed by atoms with van der Waals surface area (Å²) in [6.45, 7) is 2.56. The Morgan fingerprint density at radius 3 is 1.43 bits per heavy atom. The topological polar surface area (TPSA) is 0 Å². The van der Waals surface area contributed by atoms with Crippen LogP contribution < -0.4 is 0 Å². The fourth-order valence-corrected chi connectivity index (χ4v) is 0.664. The Morgan fingerprint density at radius 2 is 1.14 bits per heavy atom. The van der Waals surface area contributed by atoms with Crippen LogP contribution in [-0.4, -0.2) is 18.0 Å². The molecule has 0 aromatic rings. The van der Waals surface area contributed by atoms with Crippen molar-refractivity contribution >= 4 is 0 Å². The predicted octanol–water partition coefficient (Wildman–Crippen LogP) is 3.82. The maximum atomic E-state index is 12.4. The Hall–Kier alpha value is -0.490. The molecule has 1 radical (unpaired) electrons. The van der Waals surface area contributed by atoms with Crippen LogP contribution in [0.2, 0.25) is 0 Å². The van der Waals surface area contributed by atoms with E-state index >= 15 is 0 Å². The van der Waals surface area contributed by atoms with Crippen molar-refractivity contribution in [3.63, 3.8) is 0 Å². The number of rotatable bonds is 4. The van der Waals surface area contributed by atoms with Gasteiger partial charge >= 0.3 is 18.0 Å². The van der Waals surface area contributed by atoms with Crippen molar-refractivity contribution in [2.75, 3.05) is 0 Å². The molecule has 0 N–H and O–H groups in total. The normalized spacial score (nSPS) is 14.6. The minimum Gasteiger partial charge on any atom is -0.200 e. The average molecular weight is 225 g/mol. The van der Waals surface area contributed by atoms with Gasteiger partial charge in [0.25, 0.3) is 0 Å². The molecule has 14 heavy (non-hydrogen) atoms. The van der Waals surface area contributed by atoms with Crippen LogP contribution in [0.3, 0.4) is 0 Å². The Morgan fingerprint density at radius 1 is 0.714 bits per heavy atom. The molecule has 85 valence electrons. The molecular formula is C7H8F7. The van der Waals surface area contributed by atoms with Crippen molar-refractivity contribution in [2.24, 2.45) is 0 Å². The Bertz CT molecular complexity index is 181. The van der Waals surface area contributed by atoms with Crippen molar-refractivity contribution in [1.29, 1.82) is 0 Å². The average Bonchev–Trinajstić information content (AvgIpc) is 1.99. The van der Waals surface area contributed by atoms with Gasteiger partial charge in [0.2, 0.25) is 0 Å². The first-order valence-electron chi connectivity index (χ1n) is 3.63. The minimum atomic E-state index is -4.86. The van der Waals surface area contributed by atoms with Gasteiger partial charge in [0.15, 0.2) is 0 Å². The maximum Gasteiger partial charge on any atom is 0.389 e. The van der Waals surface area contributed by atoms with E-state index in [1.165, 1.54) is 0 Å². The second-order valence-corrected chi connectivity index (χ2v) is 2.77. The SMILES string of the molecule is [CH2]CC(F)(F)C(F)(F)CCC(F)(F)F. The highest BCUT2D eigenvalue weighted by Crippen LogP contribution is 2.41.